The summed E-state index contributed by atoms with van der Waals surface area (Å²) in [7, 11) is 0. The Bertz CT molecular complexity index is 404. The summed E-state index contributed by atoms with van der Waals surface area (Å²) in [5.74, 6) is 0.706. The summed E-state index contributed by atoms with van der Waals surface area (Å²) < 4.78 is 0. The average Bonchev–Trinajstić information content (AvgIpc) is 2.39. The Kier molecular flexibility index (Phi) is 6.28. The van der Waals surface area contributed by atoms with Crippen LogP contribution < -0.4 is 5.32 Å². The van der Waals surface area contributed by atoms with Gasteiger partial charge >= 0.3 is 0 Å². The molecule has 0 spiro atoms. The summed E-state index contributed by atoms with van der Waals surface area (Å²) in [6.07, 6.45) is 5.01. The van der Waals surface area contributed by atoms with Crippen LogP contribution in [0.1, 0.15) is 50.7 Å². The maximum atomic E-state index is 9.17. The summed E-state index contributed by atoms with van der Waals surface area (Å²) >= 11 is 0. The Labute approximate surface area is 111 Å². The Morgan fingerprint density at radius 3 is 2.72 bits per heavy atom. The molecule has 0 aromatic heterocycles. The van der Waals surface area contributed by atoms with Gasteiger partial charge < -0.3 is 5.32 Å². The third-order valence-electron chi connectivity index (χ3n) is 3.51. The molecule has 1 N–H and O–H groups in total. The van der Waals surface area contributed by atoms with Crippen LogP contribution in [0.5, 0.6) is 0 Å². The minimum Gasteiger partial charge on any atom is -0.384 e. The van der Waals surface area contributed by atoms with E-state index in [1.54, 1.807) is 0 Å². The van der Waals surface area contributed by atoms with Crippen molar-refractivity contribution >= 4 is 5.69 Å². The van der Waals surface area contributed by atoms with Gasteiger partial charge in [0.15, 0.2) is 0 Å². The highest BCUT2D eigenvalue weighted by Gasteiger charge is 2.08. The first-order valence-electron chi connectivity index (χ1n) is 6.96. The highest BCUT2D eigenvalue weighted by atomic mass is 14.9. The predicted molar refractivity (Wildman–Crippen MR) is 77.7 cm³/mol. The number of unbranched alkanes of at least 4 members (excludes halogenated alkanes) is 1. The monoisotopic (exact) mass is 244 g/mol. The fraction of sp³-hybridized carbons (Fsp3) is 0.562. The SMILES string of the molecule is CCCCC(CC)CNc1cccc(C)c1C#N. The van der Waals surface area contributed by atoms with Crippen molar-refractivity contribution < 1.29 is 0 Å². The van der Waals surface area contributed by atoms with Crippen LogP contribution in [0.2, 0.25) is 0 Å². The summed E-state index contributed by atoms with van der Waals surface area (Å²) in [5.41, 5.74) is 2.80. The van der Waals surface area contributed by atoms with Crippen LogP contribution in [-0.4, -0.2) is 6.54 Å². The van der Waals surface area contributed by atoms with Crippen LogP contribution in [-0.2, 0) is 0 Å². The predicted octanol–water partition coefficient (Wildman–Crippen LogP) is 4.50. The molecule has 0 aliphatic heterocycles. The Morgan fingerprint density at radius 2 is 2.11 bits per heavy atom. The van der Waals surface area contributed by atoms with Crippen LogP contribution >= 0.6 is 0 Å². The molecule has 0 saturated heterocycles. The van der Waals surface area contributed by atoms with Crippen molar-refractivity contribution in [3.63, 3.8) is 0 Å². The lowest BCUT2D eigenvalue weighted by atomic mass is 9.99. The number of benzene rings is 1. The van der Waals surface area contributed by atoms with Gasteiger partial charge in [0.1, 0.15) is 6.07 Å². The van der Waals surface area contributed by atoms with E-state index in [-0.39, 0.29) is 0 Å². The number of anilines is 1. The molecule has 0 amide bonds. The van der Waals surface area contributed by atoms with Crippen molar-refractivity contribution in [3.05, 3.63) is 29.3 Å². The number of nitriles is 1. The van der Waals surface area contributed by atoms with Gasteiger partial charge in [-0.05, 0) is 30.9 Å². The first-order valence-corrected chi connectivity index (χ1v) is 6.96. The van der Waals surface area contributed by atoms with Gasteiger partial charge in [0, 0.05) is 6.54 Å². The molecule has 2 nitrogen and oxygen atoms in total. The number of nitrogens with zero attached hydrogens (tertiary/aromatic N) is 1. The molecule has 1 rings (SSSR count). The highest BCUT2D eigenvalue weighted by molar-refractivity contribution is 5.60. The zero-order chi connectivity index (χ0) is 13.4. The van der Waals surface area contributed by atoms with E-state index in [0.717, 1.165) is 23.4 Å². The van der Waals surface area contributed by atoms with Crippen molar-refractivity contribution in [1.29, 1.82) is 5.26 Å². The smallest absolute Gasteiger partial charge is 0.102 e. The second-order valence-electron chi connectivity index (χ2n) is 4.91. The van der Waals surface area contributed by atoms with E-state index in [2.05, 4.69) is 25.2 Å². The zero-order valence-corrected chi connectivity index (χ0v) is 11.8. The van der Waals surface area contributed by atoms with Gasteiger partial charge in [-0.25, -0.2) is 0 Å². The van der Waals surface area contributed by atoms with Gasteiger partial charge in [-0.3, -0.25) is 0 Å². The molecule has 1 atom stereocenters. The molecule has 98 valence electrons. The van der Waals surface area contributed by atoms with E-state index >= 15 is 0 Å². The molecule has 0 heterocycles. The molecule has 0 radical (unpaired) electrons. The second-order valence-corrected chi connectivity index (χ2v) is 4.91. The summed E-state index contributed by atoms with van der Waals surface area (Å²) in [6, 6.07) is 8.27. The molecule has 0 aliphatic carbocycles. The number of rotatable bonds is 7. The Balaban J connectivity index is 2.62. The fourth-order valence-electron chi connectivity index (χ4n) is 2.16. The van der Waals surface area contributed by atoms with Crippen LogP contribution in [0.3, 0.4) is 0 Å². The Hall–Kier alpha value is -1.49. The maximum Gasteiger partial charge on any atom is 0.102 e. The van der Waals surface area contributed by atoms with Crippen LogP contribution in [0.4, 0.5) is 5.69 Å². The second kappa shape index (κ2) is 7.76. The van der Waals surface area contributed by atoms with Gasteiger partial charge in [0.25, 0.3) is 0 Å². The molecule has 1 unspecified atom stereocenters. The van der Waals surface area contributed by atoms with E-state index in [1.165, 1.54) is 25.7 Å². The molecular formula is C16H24N2. The first kappa shape index (κ1) is 14.6. The fourth-order valence-corrected chi connectivity index (χ4v) is 2.16. The summed E-state index contributed by atoms with van der Waals surface area (Å²) in [5, 5.41) is 12.6. The average molecular weight is 244 g/mol. The lowest BCUT2D eigenvalue weighted by Gasteiger charge is -2.17. The van der Waals surface area contributed by atoms with Crippen molar-refractivity contribution in [2.75, 3.05) is 11.9 Å². The largest absolute Gasteiger partial charge is 0.384 e. The van der Waals surface area contributed by atoms with Crippen LogP contribution in [0, 0.1) is 24.2 Å². The molecule has 18 heavy (non-hydrogen) atoms. The van der Waals surface area contributed by atoms with E-state index in [9.17, 15) is 5.26 Å². The van der Waals surface area contributed by atoms with E-state index in [4.69, 9.17) is 0 Å². The van der Waals surface area contributed by atoms with Crippen LogP contribution in [0.25, 0.3) is 0 Å². The minimum atomic E-state index is 0.706. The van der Waals surface area contributed by atoms with Gasteiger partial charge in [-0.15, -0.1) is 0 Å². The van der Waals surface area contributed by atoms with Crippen molar-refractivity contribution in [2.45, 2.75) is 46.5 Å². The molecule has 0 bridgehead atoms. The normalized spacial score (nSPS) is 11.9. The van der Waals surface area contributed by atoms with Gasteiger partial charge in [0.2, 0.25) is 0 Å². The van der Waals surface area contributed by atoms with E-state index < -0.39 is 0 Å². The van der Waals surface area contributed by atoms with E-state index in [1.807, 2.05) is 25.1 Å². The summed E-state index contributed by atoms with van der Waals surface area (Å²) in [6.45, 7) is 7.42. The molecule has 1 aromatic carbocycles. The quantitative estimate of drug-likeness (QED) is 0.766. The van der Waals surface area contributed by atoms with Gasteiger partial charge in [-0.2, -0.15) is 5.26 Å². The third-order valence-corrected chi connectivity index (χ3v) is 3.51. The van der Waals surface area contributed by atoms with Crippen LogP contribution in [0.15, 0.2) is 18.2 Å². The van der Waals surface area contributed by atoms with Gasteiger partial charge in [0.05, 0.1) is 11.3 Å². The van der Waals surface area contributed by atoms with Crippen molar-refractivity contribution in [3.8, 4) is 6.07 Å². The molecule has 1 aromatic rings. The lowest BCUT2D eigenvalue weighted by molar-refractivity contribution is 0.473. The Morgan fingerprint density at radius 1 is 1.33 bits per heavy atom. The number of hydrogen-bond acceptors (Lipinski definition) is 2. The number of hydrogen-bond donors (Lipinski definition) is 1. The number of nitrogens with one attached hydrogen (secondary N) is 1. The molecule has 2 heteroatoms. The topological polar surface area (TPSA) is 35.8 Å². The molecule has 0 aliphatic rings. The summed E-state index contributed by atoms with van der Waals surface area (Å²) in [4.78, 5) is 0. The number of aryl methyl sites for hydroxylation is 1. The minimum absolute atomic E-state index is 0.706. The van der Waals surface area contributed by atoms with E-state index in [0.29, 0.717) is 5.92 Å². The zero-order valence-electron chi connectivity index (χ0n) is 11.8. The first-order chi connectivity index (χ1) is 8.72. The standard InChI is InChI=1S/C16H24N2/c1-4-6-9-14(5-2)12-18-16-10-7-8-13(3)15(16)11-17/h7-8,10,14,18H,4-6,9,12H2,1-3H3. The van der Waals surface area contributed by atoms with Crippen molar-refractivity contribution in [1.82, 2.24) is 0 Å². The maximum absolute atomic E-state index is 9.17. The van der Waals surface area contributed by atoms with Gasteiger partial charge in [-0.1, -0.05) is 45.2 Å². The molecule has 0 fully saturated rings. The lowest BCUT2D eigenvalue weighted by Crippen LogP contribution is -2.14. The molecular weight excluding hydrogens is 220 g/mol. The molecule has 0 saturated carbocycles. The third kappa shape index (κ3) is 4.07. The van der Waals surface area contributed by atoms with Crippen molar-refractivity contribution in [2.24, 2.45) is 5.92 Å². The highest BCUT2D eigenvalue weighted by Crippen LogP contribution is 2.20.